The number of aromatic nitrogens is 2. The molecule has 6 nitrogen and oxygen atoms in total. The lowest BCUT2D eigenvalue weighted by atomic mass is 9.90. The molecular formula is C14H18N2O4. The van der Waals surface area contributed by atoms with E-state index in [0.717, 1.165) is 12.3 Å². The molecular weight excluding hydrogens is 260 g/mol. The van der Waals surface area contributed by atoms with Gasteiger partial charge in [0.25, 0.3) is 0 Å². The zero-order valence-electron chi connectivity index (χ0n) is 11.0. The Morgan fingerprint density at radius 2 is 2.00 bits per heavy atom. The van der Waals surface area contributed by atoms with Crippen molar-refractivity contribution in [1.29, 1.82) is 0 Å². The minimum Gasteiger partial charge on any atom is -0.478 e. The van der Waals surface area contributed by atoms with Gasteiger partial charge in [0.15, 0.2) is 0 Å². The Balaban J connectivity index is 0.000000221. The number of hydrogen-bond acceptors (Lipinski definition) is 3. The van der Waals surface area contributed by atoms with E-state index in [4.69, 9.17) is 10.2 Å². The van der Waals surface area contributed by atoms with Crippen molar-refractivity contribution < 1.29 is 19.8 Å². The van der Waals surface area contributed by atoms with Crippen LogP contribution >= 0.6 is 0 Å². The fraction of sp³-hybridized carbons (Fsp3) is 0.357. The molecule has 0 fully saturated rings. The summed E-state index contributed by atoms with van der Waals surface area (Å²) in [6.45, 7) is 0. The van der Waals surface area contributed by atoms with Crippen molar-refractivity contribution >= 4 is 11.9 Å². The summed E-state index contributed by atoms with van der Waals surface area (Å²) in [5.74, 6) is -1.68. The second kappa shape index (κ2) is 8.68. The SMILES string of the molecule is C1=CCC(Cc2cnc[nH]2)CC1.O=C(O)C=CC(=O)O. The highest BCUT2D eigenvalue weighted by atomic mass is 16.4. The molecule has 1 aromatic rings. The molecule has 0 amide bonds. The molecule has 1 atom stereocenters. The van der Waals surface area contributed by atoms with E-state index in [1.807, 2.05) is 6.20 Å². The maximum Gasteiger partial charge on any atom is 0.328 e. The highest BCUT2D eigenvalue weighted by Crippen LogP contribution is 2.21. The second-order valence-electron chi connectivity index (χ2n) is 4.44. The Kier molecular flexibility index (Phi) is 6.81. The van der Waals surface area contributed by atoms with Crippen molar-refractivity contribution in [3.05, 3.63) is 42.5 Å². The van der Waals surface area contributed by atoms with Crippen molar-refractivity contribution in [3.8, 4) is 0 Å². The molecule has 0 bridgehead atoms. The number of carbonyl (C=O) groups is 2. The van der Waals surface area contributed by atoms with Gasteiger partial charge in [-0.3, -0.25) is 0 Å². The molecule has 6 heteroatoms. The first-order valence-electron chi connectivity index (χ1n) is 6.34. The molecule has 0 spiro atoms. The summed E-state index contributed by atoms with van der Waals surface area (Å²) < 4.78 is 0. The first kappa shape index (κ1) is 15.7. The number of rotatable bonds is 4. The molecule has 0 aromatic carbocycles. The smallest absolute Gasteiger partial charge is 0.328 e. The molecule has 1 aromatic heterocycles. The van der Waals surface area contributed by atoms with Gasteiger partial charge in [-0.1, -0.05) is 12.2 Å². The predicted octanol–water partition coefficient (Wildman–Crippen LogP) is 2.02. The number of carboxylic acids is 2. The van der Waals surface area contributed by atoms with Crippen LogP contribution in [0.1, 0.15) is 25.0 Å². The summed E-state index contributed by atoms with van der Waals surface area (Å²) in [5, 5.41) is 15.6. The Morgan fingerprint density at radius 1 is 1.30 bits per heavy atom. The van der Waals surface area contributed by atoms with Crippen LogP contribution in [-0.2, 0) is 16.0 Å². The standard InChI is InChI=1S/C10H14N2.C4H4O4/c1-2-4-9(5-3-1)6-10-7-11-8-12-10;5-3(6)1-2-4(7)8/h1-2,7-9H,3-6H2,(H,11,12);1-2H,(H,5,6)(H,7,8). The van der Waals surface area contributed by atoms with Gasteiger partial charge in [0, 0.05) is 24.0 Å². The summed E-state index contributed by atoms with van der Waals surface area (Å²) in [4.78, 5) is 26.3. The van der Waals surface area contributed by atoms with Crippen molar-refractivity contribution in [1.82, 2.24) is 9.97 Å². The molecule has 1 aliphatic carbocycles. The van der Waals surface area contributed by atoms with Crippen LogP contribution in [0, 0.1) is 5.92 Å². The molecule has 0 aliphatic heterocycles. The maximum atomic E-state index is 9.55. The monoisotopic (exact) mass is 278 g/mol. The number of imidazole rings is 1. The van der Waals surface area contributed by atoms with E-state index >= 15 is 0 Å². The summed E-state index contributed by atoms with van der Waals surface area (Å²) in [5.41, 5.74) is 1.27. The minimum atomic E-state index is -1.26. The van der Waals surface area contributed by atoms with Crippen LogP contribution in [0.15, 0.2) is 36.8 Å². The Hall–Kier alpha value is -2.37. The molecule has 0 saturated heterocycles. The van der Waals surface area contributed by atoms with Crippen LogP contribution < -0.4 is 0 Å². The van der Waals surface area contributed by atoms with Crippen molar-refractivity contribution in [2.24, 2.45) is 5.92 Å². The Bertz CT molecular complexity index is 461. The average Bonchev–Trinajstić information content (AvgIpc) is 2.91. The van der Waals surface area contributed by atoms with Crippen LogP contribution in [0.2, 0.25) is 0 Å². The quantitative estimate of drug-likeness (QED) is 0.577. The van der Waals surface area contributed by atoms with E-state index in [0.29, 0.717) is 12.2 Å². The van der Waals surface area contributed by atoms with Crippen LogP contribution in [0.25, 0.3) is 0 Å². The summed E-state index contributed by atoms with van der Waals surface area (Å²) in [6, 6.07) is 0. The van der Waals surface area contributed by atoms with E-state index in [-0.39, 0.29) is 0 Å². The maximum absolute atomic E-state index is 9.55. The van der Waals surface area contributed by atoms with Gasteiger partial charge in [-0.2, -0.15) is 0 Å². The van der Waals surface area contributed by atoms with Crippen LogP contribution in [0.3, 0.4) is 0 Å². The predicted molar refractivity (Wildman–Crippen MR) is 73.2 cm³/mol. The summed E-state index contributed by atoms with van der Waals surface area (Å²) in [6.07, 6.45) is 14.3. The topological polar surface area (TPSA) is 103 Å². The molecule has 3 N–H and O–H groups in total. The van der Waals surface area contributed by atoms with Crippen LogP contribution in [-0.4, -0.2) is 32.1 Å². The lowest BCUT2D eigenvalue weighted by Gasteiger charge is -2.15. The molecule has 0 saturated carbocycles. The summed E-state index contributed by atoms with van der Waals surface area (Å²) in [7, 11) is 0. The Labute approximate surface area is 116 Å². The Morgan fingerprint density at radius 3 is 2.45 bits per heavy atom. The molecule has 2 rings (SSSR count). The average molecular weight is 278 g/mol. The number of nitrogens with zero attached hydrogens (tertiary/aromatic N) is 1. The van der Waals surface area contributed by atoms with Crippen molar-refractivity contribution in [3.63, 3.8) is 0 Å². The normalized spacial score (nSPS) is 17.5. The van der Waals surface area contributed by atoms with Gasteiger partial charge in [0.2, 0.25) is 0 Å². The van der Waals surface area contributed by atoms with Gasteiger partial charge in [-0.25, -0.2) is 14.6 Å². The van der Waals surface area contributed by atoms with E-state index in [1.54, 1.807) is 6.33 Å². The lowest BCUT2D eigenvalue weighted by molar-refractivity contribution is -0.134. The van der Waals surface area contributed by atoms with E-state index in [1.165, 1.54) is 25.0 Å². The van der Waals surface area contributed by atoms with Gasteiger partial charge in [-0.05, 0) is 31.6 Å². The fourth-order valence-corrected chi connectivity index (χ4v) is 1.89. The highest BCUT2D eigenvalue weighted by molar-refractivity contribution is 5.89. The number of aliphatic carboxylic acids is 2. The molecule has 108 valence electrons. The van der Waals surface area contributed by atoms with Gasteiger partial charge in [0.05, 0.1) is 6.33 Å². The number of hydrogen-bond donors (Lipinski definition) is 3. The number of allylic oxidation sites excluding steroid dienone is 2. The molecule has 20 heavy (non-hydrogen) atoms. The first-order chi connectivity index (χ1) is 9.58. The van der Waals surface area contributed by atoms with Gasteiger partial charge in [0.1, 0.15) is 0 Å². The zero-order valence-corrected chi connectivity index (χ0v) is 11.0. The summed E-state index contributed by atoms with van der Waals surface area (Å²) >= 11 is 0. The lowest BCUT2D eigenvalue weighted by Crippen LogP contribution is -2.06. The van der Waals surface area contributed by atoms with E-state index < -0.39 is 11.9 Å². The van der Waals surface area contributed by atoms with Gasteiger partial charge in [-0.15, -0.1) is 0 Å². The van der Waals surface area contributed by atoms with Crippen LogP contribution in [0.5, 0.6) is 0 Å². The molecule has 1 unspecified atom stereocenters. The van der Waals surface area contributed by atoms with E-state index in [2.05, 4.69) is 22.1 Å². The van der Waals surface area contributed by atoms with Gasteiger partial charge >= 0.3 is 11.9 Å². The third kappa shape index (κ3) is 7.15. The van der Waals surface area contributed by atoms with Gasteiger partial charge < -0.3 is 15.2 Å². The minimum absolute atomic E-state index is 0.558. The number of aromatic amines is 1. The second-order valence-corrected chi connectivity index (χ2v) is 4.44. The van der Waals surface area contributed by atoms with Crippen molar-refractivity contribution in [2.75, 3.05) is 0 Å². The zero-order chi connectivity index (χ0) is 14.8. The van der Waals surface area contributed by atoms with Crippen LogP contribution in [0.4, 0.5) is 0 Å². The largest absolute Gasteiger partial charge is 0.478 e. The first-order valence-corrected chi connectivity index (χ1v) is 6.34. The molecule has 1 heterocycles. The van der Waals surface area contributed by atoms with Crippen molar-refractivity contribution in [2.45, 2.75) is 25.7 Å². The third-order valence-corrected chi connectivity index (χ3v) is 2.81. The fourth-order valence-electron chi connectivity index (χ4n) is 1.89. The molecule has 1 aliphatic rings. The highest BCUT2D eigenvalue weighted by Gasteiger charge is 2.10. The third-order valence-electron chi connectivity index (χ3n) is 2.81. The molecule has 0 radical (unpaired) electrons. The number of nitrogens with one attached hydrogen (secondary N) is 1. The van der Waals surface area contributed by atoms with E-state index in [9.17, 15) is 9.59 Å². The number of carboxylic acid groups (broad SMARTS) is 2. The number of H-pyrrole nitrogens is 1.